The maximum absolute atomic E-state index is 9.81. The molecule has 5 unspecified atom stereocenters. The van der Waals surface area contributed by atoms with E-state index >= 15 is 0 Å². The quantitative estimate of drug-likeness (QED) is 0.340. The molecule has 0 bridgehead atoms. The molecule has 0 amide bonds. The zero-order valence-corrected chi connectivity index (χ0v) is 8.41. The number of hydrogen-bond acceptors (Lipinski definition) is 7. The van der Waals surface area contributed by atoms with Crippen molar-refractivity contribution in [2.75, 3.05) is 20.3 Å². The fourth-order valence-electron chi connectivity index (χ4n) is 1.71. The van der Waals surface area contributed by atoms with E-state index in [1.54, 1.807) is 0 Å². The highest BCUT2D eigenvalue weighted by atomic mass is 16.7. The minimum atomic E-state index is -2.04. The summed E-state index contributed by atoms with van der Waals surface area (Å²) in [6.45, 7) is -1.22. The monoisotopic (exact) mass is 223 g/mol. The Kier molecular flexibility index (Phi) is 4.01. The first-order valence-corrected chi connectivity index (χ1v) is 4.58. The molecule has 1 rings (SSSR count). The van der Waals surface area contributed by atoms with Gasteiger partial charge in [-0.3, -0.25) is 0 Å². The van der Waals surface area contributed by atoms with Crippen LogP contribution in [0.25, 0.3) is 0 Å². The molecule has 0 radical (unpaired) electrons. The predicted octanol–water partition coefficient (Wildman–Crippen LogP) is -3.24. The molecule has 0 saturated carbocycles. The van der Waals surface area contributed by atoms with Crippen LogP contribution >= 0.6 is 0 Å². The highest BCUT2D eigenvalue weighted by Gasteiger charge is 2.52. The van der Waals surface area contributed by atoms with Crippen LogP contribution in [0.5, 0.6) is 0 Å². The van der Waals surface area contributed by atoms with Crippen molar-refractivity contribution in [2.45, 2.75) is 30.1 Å². The number of aliphatic hydroxyl groups excluding tert-OH is 3. The zero-order valence-electron chi connectivity index (χ0n) is 8.41. The average Bonchev–Trinajstić information content (AvgIpc) is 2.24. The summed E-state index contributed by atoms with van der Waals surface area (Å²) in [6, 6.07) is -0.883. The molecule has 7 nitrogen and oxygen atoms in total. The van der Waals surface area contributed by atoms with E-state index in [1.807, 2.05) is 0 Å². The summed E-state index contributed by atoms with van der Waals surface area (Å²) in [6.07, 6.45) is -3.32. The van der Waals surface area contributed by atoms with Gasteiger partial charge in [0.25, 0.3) is 0 Å². The number of hydrogen-bond donors (Lipinski definition) is 5. The van der Waals surface area contributed by atoms with Gasteiger partial charge >= 0.3 is 0 Å². The van der Waals surface area contributed by atoms with E-state index in [1.165, 1.54) is 7.11 Å². The Morgan fingerprint density at radius 2 is 2.07 bits per heavy atom. The van der Waals surface area contributed by atoms with Crippen molar-refractivity contribution in [2.24, 2.45) is 5.73 Å². The summed E-state index contributed by atoms with van der Waals surface area (Å²) >= 11 is 0. The second-order valence-electron chi connectivity index (χ2n) is 3.57. The van der Waals surface area contributed by atoms with Gasteiger partial charge in [0.05, 0.1) is 19.3 Å². The van der Waals surface area contributed by atoms with Crippen LogP contribution in [0.4, 0.5) is 0 Å². The van der Waals surface area contributed by atoms with E-state index in [9.17, 15) is 10.2 Å². The van der Waals surface area contributed by atoms with Crippen molar-refractivity contribution in [3.8, 4) is 0 Å². The third-order valence-electron chi connectivity index (χ3n) is 2.59. The van der Waals surface area contributed by atoms with Crippen molar-refractivity contribution in [3.05, 3.63) is 0 Å². The Bertz CT molecular complexity index is 215. The van der Waals surface area contributed by atoms with Gasteiger partial charge in [-0.2, -0.15) is 0 Å². The Balaban J connectivity index is 2.89. The van der Waals surface area contributed by atoms with Gasteiger partial charge in [-0.15, -0.1) is 0 Å². The van der Waals surface area contributed by atoms with Crippen LogP contribution in [0.2, 0.25) is 0 Å². The van der Waals surface area contributed by atoms with Gasteiger partial charge in [0.2, 0.25) is 5.79 Å². The molecule has 1 aliphatic heterocycles. The molecule has 0 spiro atoms. The summed E-state index contributed by atoms with van der Waals surface area (Å²) in [5.74, 6) is -2.04. The maximum Gasteiger partial charge on any atom is 0.219 e. The smallest absolute Gasteiger partial charge is 0.219 e. The molecule has 1 aliphatic rings. The van der Waals surface area contributed by atoms with Gasteiger partial charge in [-0.05, 0) is 0 Å². The van der Waals surface area contributed by atoms with Gasteiger partial charge < -0.3 is 35.6 Å². The molecule has 7 heteroatoms. The fourth-order valence-corrected chi connectivity index (χ4v) is 1.71. The molecular weight excluding hydrogens is 206 g/mol. The number of aliphatic hydroxyl groups is 4. The number of methoxy groups -OCH3 is 1. The van der Waals surface area contributed by atoms with E-state index in [2.05, 4.69) is 0 Å². The van der Waals surface area contributed by atoms with Gasteiger partial charge in [0.1, 0.15) is 18.3 Å². The molecule has 90 valence electrons. The lowest BCUT2D eigenvalue weighted by molar-refractivity contribution is -0.344. The van der Waals surface area contributed by atoms with Crippen LogP contribution in [0.15, 0.2) is 0 Å². The molecule has 1 fully saturated rings. The molecule has 5 atom stereocenters. The van der Waals surface area contributed by atoms with Gasteiger partial charge in [0, 0.05) is 7.11 Å². The van der Waals surface area contributed by atoms with Gasteiger partial charge in [0.15, 0.2) is 0 Å². The summed E-state index contributed by atoms with van der Waals surface area (Å²) in [7, 11) is 1.25. The summed E-state index contributed by atoms with van der Waals surface area (Å²) < 4.78 is 9.83. The number of rotatable bonds is 3. The molecule has 1 saturated heterocycles. The highest BCUT2D eigenvalue weighted by molar-refractivity contribution is 4.98. The van der Waals surface area contributed by atoms with Crippen LogP contribution in [-0.4, -0.2) is 70.9 Å². The predicted molar refractivity (Wildman–Crippen MR) is 48.8 cm³/mol. The molecule has 0 aromatic rings. The number of ether oxygens (including phenoxy) is 2. The van der Waals surface area contributed by atoms with E-state index in [4.69, 9.17) is 25.4 Å². The standard InChI is InChI=1S/C8H17NO6/c1-14-7-6(12)5(9)4(2-10)15-8(7,13)3-11/h4-7,10-13H,2-3,9H2,1H3. The summed E-state index contributed by atoms with van der Waals surface area (Å²) in [5, 5.41) is 37.4. The van der Waals surface area contributed by atoms with Crippen molar-refractivity contribution < 1.29 is 29.9 Å². The fraction of sp³-hybridized carbons (Fsp3) is 1.00. The Morgan fingerprint density at radius 1 is 1.47 bits per heavy atom. The molecular formula is C8H17NO6. The largest absolute Gasteiger partial charge is 0.394 e. The van der Waals surface area contributed by atoms with Crippen molar-refractivity contribution >= 4 is 0 Å². The second-order valence-corrected chi connectivity index (χ2v) is 3.57. The average molecular weight is 223 g/mol. The molecule has 15 heavy (non-hydrogen) atoms. The molecule has 0 aromatic carbocycles. The highest BCUT2D eigenvalue weighted by Crippen LogP contribution is 2.28. The van der Waals surface area contributed by atoms with E-state index in [0.717, 1.165) is 0 Å². The lowest BCUT2D eigenvalue weighted by Gasteiger charge is -2.46. The van der Waals surface area contributed by atoms with Crippen LogP contribution in [-0.2, 0) is 9.47 Å². The zero-order chi connectivity index (χ0) is 11.6. The number of nitrogens with two attached hydrogens (primary N) is 1. The summed E-state index contributed by atoms with van der Waals surface area (Å²) in [5.41, 5.74) is 5.57. The maximum atomic E-state index is 9.81. The molecule has 1 heterocycles. The van der Waals surface area contributed by atoms with Crippen LogP contribution in [0, 0.1) is 0 Å². The van der Waals surface area contributed by atoms with Crippen LogP contribution < -0.4 is 5.73 Å². The first-order chi connectivity index (χ1) is 7.00. The topological polar surface area (TPSA) is 125 Å². The van der Waals surface area contributed by atoms with E-state index < -0.39 is 43.4 Å². The lowest BCUT2D eigenvalue weighted by atomic mass is 9.91. The third kappa shape index (κ3) is 2.13. The minimum Gasteiger partial charge on any atom is -0.394 e. The van der Waals surface area contributed by atoms with Gasteiger partial charge in [-0.25, -0.2) is 0 Å². The first-order valence-electron chi connectivity index (χ1n) is 4.58. The summed E-state index contributed by atoms with van der Waals surface area (Å²) in [4.78, 5) is 0. The van der Waals surface area contributed by atoms with Gasteiger partial charge in [-0.1, -0.05) is 0 Å². The van der Waals surface area contributed by atoms with E-state index in [-0.39, 0.29) is 0 Å². The van der Waals surface area contributed by atoms with Crippen molar-refractivity contribution in [1.29, 1.82) is 0 Å². The van der Waals surface area contributed by atoms with E-state index in [0.29, 0.717) is 0 Å². The minimum absolute atomic E-state index is 0.461. The molecule has 6 N–H and O–H groups in total. The van der Waals surface area contributed by atoms with Crippen LogP contribution in [0.1, 0.15) is 0 Å². The molecule has 0 aliphatic carbocycles. The Labute approximate surface area is 87.0 Å². The first kappa shape index (κ1) is 12.8. The SMILES string of the molecule is COC1C(O)C(N)C(CO)OC1(O)CO. The Hall–Kier alpha value is -0.280. The second kappa shape index (κ2) is 4.71. The van der Waals surface area contributed by atoms with Crippen LogP contribution in [0.3, 0.4) is 0 Å². The Morgan fingerprint density at radius 3 is 2.47 bits per heavy atom. The van der Waals surface area contributed by atoms with Crippen molar-refractivity contribution in [3.63, 3.8) is 0 Å². The third-order valence-corrected chi connectivity index (χ3v) is 2.59. The van der Waals surface area contributed by atoms with Crippen molar-refractivity contribution in [1.82, 2.24) is 0 Å². The normalized spacial score (nSPS) is 46.8. The molecule has 0 aromatic heterocycles. The lowest BCUT2D eigenvalue weighted by Crippen LogP contribution is -2.69.